The van der Waals surface area contributed by atoms with Crippen LogP contribution in [0.3, 0.4) is 0 Å². The molecule has 0 saturated heterocycles. The zero-order valence-electron chi connectivity index (χ0n) is 18.7. The smallest absolute Gasteiger partial charge is 0.406 e. The van der Waals surface area contributed by atoms with E-state index in [2.05, 4.69) is 20.9 Å². The standard InChI is InChI=1S/C24H24BrF3N2O3/c1-13(31)33-12-23(2,3)19-18-16-10-14(25)7-8-17(16)30(11-24(26,27)28)21(18)15-6-5-9-29-20(15)22(19)32-4/h5-10,19,22H,11-12H2,1-4H3/t19?,22-/m0/s1. The minimum atomic E-state index is -4.42. The fourth-order valence-corrected chi connectivity index (χ4v) is 5.24. The van der Waals surface area contributed by atoms with Crippen molar-refractivity contribution in [3.8, 4) is 11.3 Å². The van der Waals surface area contributed by atoms with Gasteiger partial charge in [0.2, 0.25) is 0 Å². The first-order valence-electron chi connectivity index (χ1n) is 10.4. The van der Waals surface area contributed by atoms with Crippen molar-refractivity contribution in [2.24, 2.45) is 5.41 Å². The number of methoxy groups -OCH3 is 1. The van der Waals surface area contributed by atoms with Crippen molar-refractivity contribution in [3.63, 3.8) is 0 Å². The van der Waals surface area contributed by atoms with E-state index < -0.39 is 36.1 Å². The van der Waals surface area contributed by atoms with E-state index >= 15 is 0 Å². The summed E-state index contributed by atoms with van der Waals surface area (Å²) < 4.78 is 54.5. The minimum Gasteiger partial charge on any atom is -0.465 e. The topological polar surface area (TPSA) is 53.4 Å². The molecule has 0 amide bonds. The summed E-state index contributed by atoms with van der Waals surface area (Å²) in [4.78, 5) is 16.1. The van der Waals surface area contributed by atoms with Crippen molar-refractivity contribution in [2.45, 2.75) is 45.5 Å². The summed E-state index contributed by atoms with van der Waals surface area (Å²) >= 11 is 3.47. The molecule has 1 unspecified atom stereocenters. The first-order chi connectivity index (χ1) is 15.4. The maximum absolute atomic E-state index is 13.7. The number of nitrogens with zero attached hydrogens (tertiary/aromatic N) is 2. The van der Waals surface area contributed by atoms with Crippen LogP contribution in [0.5, 0.6) is 0 Å². The summed E-state index contributed by atoms with van der Waals surface area (Å²) in [5.74, 6) is -0.848. The summed E-state index contributed by atoms with van der Waals surface area (Å²) in [6.45, 7) is 4.13. The lowest BCUT2D eigenvalue weighted by Crippen LogP contribution is -2.36. The van der Waals surface area contributed by atoms with Gasteiger partial charge in [0, 0.05) is 52.5 Å². The van der Waals surface area contributed by atoms with Gasteiger partial charge in [0.05, 0.1) is 18.0 Å². The molecule has 0 bridgehead atoms. The molecule has 9 heteroatoms. The molecular formula is C24H24BrF3N2O3. The largest absolute Gasteiger partial charge is 0.465 e. The summed E-state index contributed by atoms with van der Waals surface area (Å²) in [5.41, 5.74) is 2.18. The van der Waals surface area contributed by atoms with Gasteiger partial charge in [-0.3, -0.25) is 9.78 Å². The van der Waals surface area contributed by atoms with Gasteiger partial charge in [0.25, 0.3) is 0 Å². The number of pyridine rings is 1. The lowest BCUT2D eigenvalue weighted by Gasteiger charge is -2.42. The number of alkyl halides is 3. The maximum atomic E-state index is 13.7. The highest BCUT2D eigenvalue weighted by atomic mass is 79.9. The highest BCUT2D eigenvalue weighted by molar-refractivity contribution is 9.10. The van der Waals surface area contributed by atoms with Gasteiger partial charge in [-0.1, -0.05) is 29.8 Å². The molecule has 0 spiro atoms. The Balaban J connectivity index is 2.09. The molecule has 0 fully saturated rings. The number of rotatable bonds is 5. The van der Waals surface area contributed by atoms with Crippen LogP contribution in [0.25, 0.3) is 22.2 Å². The molecule has 3 aromatic rings. The van der Waals surface area contributed by atoms with Crippen LogP contribution in [0.2, 0.25) is 0 Å². The number of ether oxygens (including phenoxy) is 2. The average Bonchev–Trinajstić information content (AvgIpc) is 3.03. The average molecular weight is 525 g/mol. The molecule has 0 saturated carbocycles. The maximum Gasteiger partial charge on any atom is 0.406 e. The van der Waals surface area contributed by atoms with Gasteiger partial charge < -0.3 is 14.0 Å². The normalized spacial score (nSPS) is 18.2. The van der Waals surface area contributed by atoms with Crippen LogP contribution in [0.4, 0.5) is 13.2 Å². The number of benzene rings is 1. The van der Waals surface area contributed by atoms with Gasteiger partial charge in [-0.2, -0.15) is 13.2 Å². The summed E-state index contributed by atoms with van der Waals surface area (Å²) in [6.07, 6.45) is -3.35. The summed E-state index contributed by atoms with van der Waals surface area (Å²) in [5, 5.41) is 0.695. The van der Waals surface area contributed by atoms with Crippen molar-refractivity contribution < 1.29 is 27.4 Å². The van der Waals surface area contributed by atoms with E-state index in [0.29, 0.717) is 27.9 Å². The zero-order chi connectivity index (χ0) is 24.1. The molecule has 2 atom stereocenters. The Morgan fingerprint density at radius 3 is 2.61 bits per heavy atom. The van der Waals surface area contributed by atoms with E-state index in [1.807, 2.05) is 19.9 Å². The van der Waals surface area contributed by atoms with Crippen LogP contribution in [0, 0.1) is 5.41 Å². The highest BCUT2D eigenvalue weighted by Crippen LogP contribution is 2.57. The zero-order valence-corrected chi connectivity index (χ0v) is 20.3. The van der Waals surface area contributed by atoms with E-state index in [-0.39, 0.29) is 6.61 Å². The number of halogens is 4. The first-order valence-corrected chi connectivity index (χ1v) is 11.2. The molecule has 0 radical (unpaired) electrons. The van der Waals surface area contributed by atoms with Gasteiger partial charge in [-0.05, 0) is 35.9 Å². The molecule has 2 aromatic heterocycles. The second-order valence-corrected chi connectivity index (χ2v) is 9.88. The summed E-state index contributed by atoms with van der Waals surface area (Å²) in [7, 11) is 1.56. The quantitative estimate of drug-likeness (QED) is 0.362. The Hall–Kier alpha value is -2.39. The third-order valence-electron chi connectivity index (χ3n) is 6.12. The van der Waals surface area contributed by atoms with Crippen LogP contribution in [0.1, 0.15) is 44.1 Å². The van der Waals surface area contributed by atoms with Crippen LogP contribution in [-0.2, 0) is 20.8 Å². The van der Waals surface area contributed by atoms with E-state index in [1.165, 1.54) is 11.5 Å². The van der Waals surface area contributed by atoms with E-state index in [9.17, 15) is 18.0 Å². The molecule has 1 aromatic carbocycles. The van der Waals surface area contributed by atoms with Crippen LogP contribution < -0.4 is 0 Å². The van der Waals surface area contributed by atoms with Crippen molar-refractivity contribution in [1.29, 1.82) is 0 Å². The molecule has 5 nitrogen and oxygen atoms in total. The number of hydrogen-bond acceptors (Lipinski definition) is 4. The van der Waals surface area contributed by atoms with Gasteiger partial charge >= 0.3 is 12.1 Å². The number of fused-ring (bicyclic) bond motifs is 5. The SMILES string of the molecule is CO[C@@H]1c2ncccc2-c2c(c3cc(Br)ccc3n2CC(F)(F)F)C1C(C)(C)COC(C)=O. The Labute approximate surface area is 198 Å². The van der Waals surface area contributed by atoms with Crippen LogP contribution in [0.15, 0.2) is 41.0 Å². The van der Waals surface area contributed by atoms with Crippen LogP contribution >= 0.6 is 15.9 Å². The molecule has 176 valence electrons. The Kier molecular flexibility index (Phi) is 6.07. The third kappa shape index (κ3) is 4.28. The molecule has 2 heterocycles. The van der Waals surface area contributed by atoms with Crippen molar-refractivity contribution in [1.82, 2.24) is 9.55 Å². The van der Waals surface area contributed by atoms with Gasteiger partial charge in [0.15, 0.2) is 0 Å². The molecular weight excluding hydrogens is 501 g/mol. The Bertz CT molecular complexity index is 1220. The number of aromatic nitrogens is 2. The lowest BCUT2D eigenvalue weighted by molar-refractivity contribution is -0.145. The lowest BCUT2D eigenvalue weighted by atomic mass is 9.67. The van der Waals surface area contributed by atoms with Gasteiger partial charge in [0.1, 0.15) is 12.6 Å². The molecule has 0 aliphatic heterocycles. The molecule has 1 aliphatic carbocycles. The number of esters is 1. The fraction of sp³-hybridized carbons (Fsp3) is 0.417. The highest BCUT2D eigenvalue weighted by Gasteiger charge is 2.47. The van der Waals surface area contributed by atoms with E-state index in [0.717, 1.165) is 10.0 Å². The third-order valence-corrected chi connectivity index (χ3v) is 6.62. The number of carbonyl (C=O) groups is 1. The molecule has 4 rings (SSSR count). The number of hydrogen-bond donors (Lipinski definition) is 0. The van der Waals surface area contributed by atoms with Gasteiger partial charge in [-0.25, -0.2) is 0 Å². The monoisotopic (exact) mass is 524 g/mol. The van der Waals surface area contributed by atoms with Crippen molar-refractivity contribution in [2.75, 3.05) is 13.7 Å². The second-order valence-electron chi connectivity index (χ2n) is 8.96. The van der Waals surface area contributed by atoms with Crippen LogP contribution in [-0.4, -0.2) is 35.4 Å². The van der Waals surface area contributed by atoms with E-state index in [4.69, 9.17) is 9.47 Å². The molecule has 1 aliphatic rings. The Morgan fingerprint density at radius 2 is 1.97 bits per heavy atom. The Morgan fingerprint density at radius 1 is 1.24 bits per heavy atom. The van der Waals surface area contributed by atoms with E-state index in [1.54, 1.807) is 37.6 Å². The predicted molar refractivity (Wildman–Crippen MR) is 122 cm³/mol. The molecule has 0 N–H and O–H groups in total. The summed E-state index contributed by atoms with van der Waals surface area (Å²) in [6, 6.07) is 8.76. The second kappa shape index (κ2) is 8.43. The van der Waals surface area contributed by atoms with Crippen molar-refractivity contribution >= 4 is 32.8 Å². The van der Waals surface area contributed by atoms with Gasteiger partial charge in [-0.15, -0.1) is 0 Å². The molecule has 33 heavy (non-hydrogen) atoms. The fourth-order valence-electron chi connectivity index (χ4n) is 4.88. The number of carbonyl (C=O) groups excluding carboxylic acids is 1. The minimum absolute atomic E-state index is 0.0778. The predicted octanol–water partition coefficient (Wildman–Crippen LogP) is 6.40. The first kappa shape index (κ1) is 23.8. The van der Waals surface area contributed by atoms with Crippen molar-refractivity contribution in [3.05, 3.63) is 52.3 Å².